The molecule has 0 aromatic heterocycles. The molecule has 5 fully saturated rings. The van der Waals surface area contributed by atoms with Gasteiger partial charge in [-0.3, -0.25) is 0 Å². The van der Waals surface area contributed by atoms with Gasteiger partial charge in [0.05, 0.1) is 0 Å². The van der Waals surface area contributed by atoms with Gasteiger partial charge in [-0.2, -0.15) is 0 Å². The van der Waals surface area contributed by atoms with Crippen LogP contribution in [-0.4, -0.2) is 6.54 Å². The van der Waals surface area contributed by atoms with Crippen LogP contribution >= 0.6 is 0 Å². The summed E-state index contributed by atoms with van der Waals surface area (Å²) in [6, 6.07) is 0. The Hall–Kier alpha value is -0.0400. The molecule has 0 spiro atoms. The van der Waals surface area contributed by atoms with E-state index in [0.29, 0.717) is 0 Å². The molecule has 114 valence electrons. The Morgan fingerprint density at radius 1 is 0.800 bits per heavy atom. The normalized spacial score (nSPS) is 45.8. The molecule has 0 aromatic carbocycles. The molecule has 0 aromatic rings. The van der Waals surface area contributed by atoms with Crippen LogP contribution in [0.5, 0.6) is 0 Å². The molecule has 2 N–H and O–H groups in total. The van der Waals surface area contributed by atoms with Gasteiger partial charge in [0.15, 0.2) is 0 Å². The molecule has 5 aliphatic rings. The molecule has 5 aliphatic carbocycles. The van der Waals surface area contributed by atoms with Crippen LogP contribution in [0.4, 0.5) is 0 Å². The minimum Gasteiger partial charge on any atom is -0.330 e. The molecule has 5 saturated carbocycles. The Kier molecular flexibility index (Phi) is 3.83. The van der Waals surface area contributed by atoms with Gasteiger partial charge in [-0.25, -0.2) is 0 Å². The van der Waals surface area contributed by atoms with Crippen molar-refractivity contribution in [1.82, 2.24) is 0 Å². The van der Waals surface area contributed by atoms with Gasteiger partial charge in [0, 0.05) is 0 Å². The Balaban J connectivity index is 1.42. The molecule has 4 bridgehead atoms. The molecular weight excluding hydrogens is 242 g/mol. The smallest absolute Gasteiger partial charge is 0.00461 e. The van der Waals surface area contributed by atoms with Gasteiger partial charge in [0.1, 0.15) is 0 Å². The Morgan fingerprint density at radius 3 is 1.95 bits per heavy atom. The number of nitrogens with two attached hydrogens (primary N) is 1. The van der Waals surface area contributed by atoms with E-state index in [1.165, 1.54) is 38.5 Å². The van der Waals surface area contributed by atoms with Crippen molar-refractivity contribution in [1.29, 1.82) is 0 Å². The lowest BCUT2D eigenvalue weighted by molar-refractivity contribution is -0.0492. The van der Waals surface area contributed by atoms with Crippen molar-refractivity contribution in [2.75, 3.05) is 6.54 Å². The molecule has 20 heavy (non-hydrogen) atoms. The van der Waals surface area contributed by atoms with Crippen molar-refractivity contribution in [2.24, 2.45) is 47.2 Å². The van der Waals surface area contributed by atoms with E-state index >= 15 is 0 Å². The quantitative estimate of drug-likeness (QED) is 0.797. The topological polar surface area (TPSA) is 26.0 Å². The van der Waals surface area contributed by atoms with E-state index in [1.807, 2.05) is 0 Å². The van der Waals surface area contributed by atoms with Crippen molar-refractivity contribution in [3.8, 4) is 0 Å². The second-order valence-electron chi connectivity index (χ2n) is 8.72. The fourth-order valence-corrected chi connectivity index (χ4v) is 6.86. The van der Waals surface area contributed by atoms with Crippen molar-refractivity contribution >= 4 is 0 Å². The molecular formula is C19H33N. The zero-order chi connectivity index (χ0) is 13.5. The van der Waals surface area contributed by atoms with Crippen LogP contribution in [0.15, 0.2) is 0 Å². The zero-order valence-electron chi connectivity index (χ0n) is 13.1. The summed E-state index contributed by atoms with van der Waals surface area (Å²) in [6.45, 7) is 0.966. The summed E-state index contributed by atoms with van der Waals surface area (Å²) < 4.78 is 0. The molecule has 5 rings (SSSR count). The second-order valence-corrected chi connectivity index (χ2v) is 8.72. The van der Waals surface area contributed by atoms with E-state index in [0.717, 1.165) is 48.0 Å². The summed E-state index contributed by atoms with van der Waals surface area (Å²) in [5, 5.41) is 0. The molecule has 0 heterocycles. The highest BCUT2D eigenvalue weighted by Crippen LogP contribution is 2.58. The highest BCUT2D eigenvalue weighted by Gasteiger charge is 2.48. The standard InChI is InChI=1S/C19H33N/c20-12-18(15-4-2-1-3-5-15)11-19-16-7-13-6-14(9-16)10-17(19)8-13/h13-19H,1-12,20H2. The van der Waals surface area contributed by atoms with Crippen molar-refractivity contribution < 1.29 is 0 Å². The lowest BCUT2D eigenvalue weighted by Crippen LogP contribution is -2.46. The summed E-state index contributed by atoms with van der Waals surface area (Å²) in [5.41, 5.74) is 6.21. The van der Waals surface area contributed by atoms with Crippen molar-refractivity contribution in [2.45, 2.75) is 70.6 Å². The van der Waals surface area contributed by atoms with Gasteiger partial charge in [-0.1, -0.05) is 32.1 Å². The molecule has 1 heteroatoms. The van der Waals surface area contributed by atoms with Crippen LogP contribution in [0.1, 0.15) is 70.6 Å². The molecule has 0 amide bonds. The first-order chi connectivity index (χ1) is 9.83. The fraction of sp³-hybridized carbons (Fsp3) is 1.00. The van der Waals surface area contributed by atoms with E-state index in [9.17, 15) is 0 Å². The monoisotopic (exact) mass is 275 g/mol. The van der Waals surface area contributed by atoms with Crippen molar-refractivity contribution in [3.63, 3.8) is 0 Å². The Morgan fingerprint density at radius 2 is 1.40 bits per heavy atom. The van der Waals surface area contributed by atoms with E-state index in [-0.39, 0.29) is 0 Å². The SMILES string of the molecule is NCC(CC1C2CC3CC(C2)CC1C3)C1CCCCC1. The predicted molar refractivity (Wildman–Crippen MR) is 84.3 cm³/mol. The molecule has 0 radical (unpaired) electrons. The highest BCUT2D eigenvalue weighted by atomic mass is 14.6. The summed E-state index contributed by atoms with van der Waals surface area (Å²) in [6.07, 6.45) is 16.8. The van der Waals surface area contributed by atoms with Crippen LogP contribution in [0.2, 0.25) is 0 Å². The van der Waals surface area contributed by atoms with Crippen LogP contribution in [-0.2, 0) is 0 Å². The third-order valence-electron chi connectivity index (χ3n) is 7.62. The van der Waals surface area contributed by atoms with Crippen LogP contribution < -0.4 is 5.73 Å². The maximum absolute atomic E-state index is 6.21. The molecule has 0 aliphatic heterocycles. The average Bonchev–Trinajstić information content (AvgIpc) is 2.47. The number of hydrogen-bond acceptors (Lipinski definition) is 1. The third-order valence-corrected chi connectivity index (χ3v) is 7.62. The maximum Gasteiger partial charge on any atom is -0.00461 e. The Bertz CT molecular complexity index is 303. The van der Waals surface area contributed by atoms with E-state index in [1.54, 1.807) is 32.1 Å². The first-order valence-corrected chi connectivity index (χ1v) is 9.53. The third kappa shape index (κ3) is 2.45. The van der Waals surface area contributed by atoms with Gasteiger partial charge in [0.2, 0.25) is 0 Å². The minimum atomic E-state index is 0.859. The first-order valence-electron chi connectivity index (χ1n) is 9.53. The lowest BCUT2D eigenvalue weighted by atomic mass is 9.50. The summed E-state index contributed by atoms with van der Waals surface area (Å²) in [5.74, 6) is 7.36. The second kappa shape index (κ2) is 5.63. The fourth-order valence-electron chi connectivity index (χ4n) is 6.86. The number of hydrogen-bond donors (Lipinski definition) is 1. The van der Waals surface area contributed by atoms with Crippen LogP contribution in [0.25, 0.3) is 0 Å². The van der Waals surface area contributed by atoms with Gasteiger partial charge in [-0.05, 0) is 86.5 Å². The average molecular weight is 275 g/mol. The van der Waals surface area contributed by atoms with Crippen LogP contribution in [0, 0.1) is 41.4 Å². The lowest BCUT2D eigenvalue weighted by Gasteiger charge is -2.55. The van der Waals surface area contributed by atoms with Gasteiger partial charge in [-0.15, -0.1) is 0 Å². The van der Waals surface area contributed by atoms with E-state index < -0.39 is 0 Å². The van der Waals surface area contributed by atoms with Crippen molar-refractivity contribution in [3.05, 3.63) is 0 Å². The number of rotatable bonds is 4. The molecule has 1 nitrogen and oxygen atoms in total. The zero-order valence-corrected chi connectivity index (χ0v) is 13.1. The summed E-state index contributed by atoms with van der Waals surface area (Å²) in [7, 11) is 0. The predicted octanol–water partition coefficient (Wildman–Crippen LogP) is 4.60. The first kappa shape index (κ1) is 13.6. The molecule has 1 atom stereocenters. The van der Waals surface area contributed by atoms with Gasteiger partial charge in [0.25, 0.3) is 0 Å². The summed E-state index contributed by atoms with van der Waals surface area (Å²) >= 11 is 0. The van der Waals surface area contributed by atoms with E-state index in [4.69, 9.17) is 5.73 Å². The largest absolute Gasteiger partial charge is 0.330 e. The van der Waals surface area contributed by atoms with Gasteiger partial charge >= 0.3 is 0 Å². The highest BCUT2D eigenvalue weighted by molar-refractivity contribution is 4.99. The molecule has 1 unspecified atom stereocenters. The van der Waals surface area contributed by atoms with E-state index in [2.05, 4.69) is 0 Å². The molecule has 0 saturated heterocycles. The summed E-state index contributed by atoms with van der Waals surface area (Å²) in [4.78, 5) is 0. The van der Waals surface area contributed by atoms with Gasteiger partial charge < -0.3 is 5.73 Å². The van der Waals surface area contributed by atoms with Crippen LogP contribution in [0.3, 0.4) is 0 Å². The minimum absolute atomic E-state index is 0.859. The Labute approximate surface area is 125 Å². The maximum atomic E-state index is 6.21.